The van der Waals surface area contributed by atoms with Gasteiger partial charge in [-0.05, 0) is 37.2 Å². The van der Waals surface area contributed by atoms with E-state index in [0.29, 0.717) is 0 Å². The first-order valence-corrected chi connectivity index (χ1v) is 11.4. The van der Waals surface area contributed by atoms with Crippen LogP contribution in [0.3, 0.4) is 0 Å². The Morgan fingerprint density at radius 1 is 1.23 bits per heavy atom. The lowest BCUT2D eigenvalue weighted by molar-refractivity contribution is -0.148. The number of carbonyl (C=O) groups is 1. The van der Waals surface area contributed by atoms with Gasteiger partial charge in [0, 0.05) is 49.0 Å². The van der Waals surface area contributed by atoms with E-state index in [0.717, 1.165) is 12.3 Å². The second-order valence-corrected chi connectivity index (χ2v) is 9.99. The van der Waals surface area contributed by atoms with Gasteiger partial charge in [0.15, 0.2) is 5.03 Å². The number of hydrogen-bond donors (Lipinski definition) is 2. The maximum absolute atomic E-state index is 14.4. The van der Waals surface area contributed by atoms with Crippen LogP contribution in [0, 0.1) is 23.7 Å². The molecule has 1 aromatic heterocycles. The number of hydrogen-bond acceptors (Lipinski definition) is 4. The zero-order valence-corrected chi connectivity index (χ0v) is 17.3. The molecule has 0 saturated heterocycles. The lowest BCUT2D eigenvalue weighted by Gasteiger charge is -2.44. The molecule has 11 heteroatoms. The molecule has 1 aromatic rings. The van der Waals surface area contributed by atoms with Gasteiger partial charge in [-0.2, -0.15) is 0 Å². The molecule has 3 N–H and O–H groups in total. The van der Waals surface area contributed by atoms with Crippen molar-refractivity contribution in [1.82, 2.24) is 4.98 Å². The Morgan fingerprint density at radius 3 is 2.47 bits per heavy atom. The number of nitrogens with zero attached hydrogens (tertiary/aromatic N) is 1. The maximum atomic E-state index is 14.4. The summed E-state index contributed by atoms with van der Waals surface area (Å²) in [6, 6.07) is 2.37. The molecule has 168 valence electrons. The highest BCUT2D eigenvalue weighted by Crippen LogP contribution is 2.51. The highest BCUT2D eigenvalue weighted by atomic mass is 32.2. The molecule has 2 fully saturated rings. The fourth-order valence-corrected chi connectivity index (χ4v) is 5.07. The Morgan fingerprint density at radius 2 is 1.87 bits per heavy atom. The number of amides is 1. The smallest absolute Gasteiger partial charge is 0.255 e. The molecule has 2 aliphatic rings. The third kappa shape index (κ3) is 5.11. The predicted molar refractivity (Wildman–Crippen MR) is 101 cm³/mol. The normalized spacial score (nSPS) is 29.3. The summed E-state index contributed by atoms with van der Waals surface area (Å²) < 4.78 is 78.9. The highest BCUT2D eigenvalue weighted by molar-refractivity contribution is 7.89. The summed E-state index contributed by atoms with van der Waals surface area (Å²) in [6.07, 6.45) is 0.276. The molecule has 3 rings (SSSR count). The Kier molecular flexibility index (Phi) is 6.16. The number of nitrogens with one attached hydrogen (secondary N) is 1. The predicted octanol–water partition coefficient (Wildman–Crippen LogP) is 3.79. The number of alkyl halides is 4. The topological polar surface area (TPSA) is 102 Å². The van der Waals surface area contributed by atoms with Gasteiger partial charge in [0.1, 0.15) is 0 Å². The maximum Gasteiger partial charge on any atom is 0.255 e. The lowest BCUT2D eigenvalue weighted by Crippen LogP contribution is -2.47. The van der Waals surface area contributed by atoms with Crippen LogP contribution in [0.2, 0.25) is 0 Å². The summed E-state index contributed by atoms with van der Waals surface area (Å²) in [5.74, 6) is -9.20. The van der Waals surface area contributed by atoms with Gasteiger partial charge in [-0.25, -0.2) is 36.1 Å². The molecule has 6 nitrogen and oxygen atoms in total. The van der Waals surface area contributed by atoms with Crippen molar-refractivity contribution in [2.45, 2.75) is 62.3 Å². The number of primary sulfonamides is 1. The van der Waals surface area contributed by atoms with E-state index in [1.165, 1.54) is 13.0 Å². The third-order valence-corrected chi connectivity index (χ3v) is 7.16. The minimum Gasteiger partial charge on any atom is -0.326 e. The summed E-state index contributed by atoms with van der Waals surface area (Å²) >= 11 is 0. The van der Waals surface area contributed by atoms with E-state index in [-0.39, 0.29) is 43.7 Å². The van der Waals surface area contributed by atoms with Crippen molar-refractivity contribution in [2.24, 2.45) is 28.8 Å². The van der Waals surface area contributed by atoms with Crippen LogP contribution in [0.5, 0.6) is 0 Å². The lowest BCUT2D eigenvalue weighted by atomic mass is 9.63. The molecular weight excluding hydrogens is 426 g/mol. The van der Waals surface area contributed by atoms with Crippen molar-refractivity contribution in [3.63, 3.8) is 0 Å². The Bertz CT molecular complexity index is 900. The monoisotopic (exact) mass is 451 g/mol. The number of nitrogens with two attached hydrogens (primary N) is 1. The van der Waals surface area contributed by atoms with E-state index in [2.05, 4.69) is 10.3 Å². The molecule has 1 amide bonds. The number of pyridine rings is 1. The van der Waals surface area contributed by atoms with Crippen LogP contribution in [-0.2, 0) is 14.8 Å². The van der Waals surface area contributed by atoms with E-state index >= 15 is 0 Å². The molecular formula is C19H25F4N3O3S. The summed E-state index contributed by atoms with van der Waals surface area (Å²) in [7, 11) is -4.10. The molecule has 0 radical (unpaired) electrons. The molecule has 0 aliphatic heterocycles. The number of sulfonamides is 1. The third-order valence-electron chi connectivity index (χ3n) is 6.35. The number of rotatable bonds is 4. The van der Waals surface area contributed by atoms with E-state index in [1.807, 2.05) is 0 Å². The molecule has 3 unspecified atom stereocenters. The van der Waals surface area contributed by atoms with Crippen LogP contribution in [0.25, 0.3) is 0 Å². The van der Waals surface area contributed by atoms with Gasteiger partial charge in [-0.15, -0.1) is 0 Å². The van der Waals surface area contributed by atoms with Crippen molar-refractivity contribution in [2.75, 3.05) is 5.32 Å². The molecule has 0 bridgehead atoms. The number of carbonyl (C=O) groups excluding carboxylic acids is 1. The molecule has 30 heavy (non-hydrogen) atoms. The summed E-state index contributed by atoms with van der Waals surface area (Å²) in [5.41, 5.74) is 0.0647. The zero-order valence-electron chi connectivity index (χ0n) is 16.5. The standard InChI is InChI=1S/C19H25F4N3O3S/c1-11-8-14(12-2-5-18(20,21)6-3-12)15(10-19(11,22)23)17(27)26-13-4-7-25-16(9-13)30(24,28)29/h4,7,9,11-12,14-15H,2-3,5-6,8,10H2,1H3,(H2,24,28,29)(H,25,26,27). The second kappa shape index (κ2) is 8.07. The first kappa shape index (κ1) is 22.9. The van der Waals surface area contributed by atoms with Crippen molar-refractivity contribution in [3.05, 3.63) is 18.3 Å². The van der Waals surface area contributed by atoms with Crippen LogP contribution < -0.4 is 10.5 Å². The number of aromatic nitrogens is 1. The van der Waals surface area contributed by atoms with Crippen LogP contribution in [0.15, 0.2) is 23.4 Å². The van der Waals surface area contributed by atoms with Crippen LogP contribution in [-0.4, -0.2) is 31.2 Å². The molecule has 3 atom stereocenters. The summed E-state index contributed by atoms with van der Waals surface area (Å²) in [6.45, 7) is 1.42. The van der Waals surface area contributed by atoms with E-state index in [4.69, 9.17) is 5.14 Å². The number of halogens is 4. The number of anilines is 1. The minimum atomic E-state index is -4.10. The van der Waals surface area contributed by atoms with Crippen LogP contribution >= 0.6 is 0 Å². The first-order chi connectivity index (χ1) is 13.8. The van der Waals surface area contributed by atoms with Crippen LogP contribution in [0.1, 0.15) is 45.4 Å². The van der Waals surface area contributed by atoms with Gasteiger partial charge in [-0.1, -0.05) is 6.92 Å². The van der Waals surface area contributed by atoms with Gasteiger partial charge >= 0.3 is 0 Å². The quantitative estimate of drug-likeness (QED) is 0.680. The van der Waals surface area contributed by atoms with E-state index in [9.17, 15) is 30.8 Å². The largest absolute Gasteiger partial charge is 0.326 e. The first-order valence-electron chi connectivity index (χ1n) is 9.84. The Hall–Kier alpha value is -1.75. The van der Waals surface area contributed by atoms with Gasteiger partial charge < -0.3 is 5.32 Å². The average Bonchev–Trinajstić information content (AvgIpc) is 2.63. The van der Waals surface area contributed by atoms with Gasteiger partial charge in [0.05, 0.1) is 0 Å². The fourth-order valence-electron chi connectivity index (χ4n) is 4.57. The molecule has 2 saturated carbocycles. The van der Waals surface area contributed by atoms with Crippen molar-refractivity contribution >= 4 is 21.6 Å². The Balaban J connectivity index is 1.81. The zero-order chi connectivity index (χ0) is 22.3. The fraction of sp³-hybridized carbons (Fsp3) is 0.684. The molecule has 2 aliphatic carbocycles. The summed E-state index contributed by atoms with van der Waals surface area (Å²) in [5, 5.41) is 7.05. The van der Waals surface area contributed by atoms with Gasteiger partial charge in [0.2, 0.25) is 11.8 Å². The molecule has 0 aromatic carbocycles. The highest BCUT2D eigenvalue weighted by Gasteiger charge is 2.52. The van der Waals surface area contributed by atoms with Gasteiger partial charge in [-0.3, -0.25) is 4.79 Å². The average molecular weight is 451 g/mol. The van der Waals surface area contributed by atoms with Crippen LogP contribution in [0.4, 0.5) is 23.2 Å². The van der Waals surface area contributed by atoms with Crippen molar-refractivity contribution in [1.29, 1.82) is 0 Å². The van der Waals surface area contributed by atoms with Gasteiger partial charge in [0.25, 0.3) is 15.9 Å². The minimum absolute atomic E-state index is 0.0647. The second-order valence-electron chi connectivity index (χ2n) is 8.48. The molecule has 0 spiro atoms. The van der Waals surface area contributed by atoms with Crippen molar-refractivity contribution < 1.29 is 30.8 Å². The molecule has 1 heterocycles. The Labute approximate surface area is 172 Å². The van der Waals surface area contributed by atoms with E-state index in [1.54, 1.807) is 0 Å². The summed E-state index contributed by atoms with van der Waals surface area (Å²) in [4.78, 5) is 16.5. The SMILES string of the molecule is CC1CC(C2CCC(F)(F)CC2)C(C(=O)Nc2ccnc(S(N)(=O)=O)c2)CC1(F)F. The van der Waals surface area contributed by atoms with Crippen molar-refractivity contribution in [3.8, 4) is 0 Å². The van der Waals surface area contributed by atoms with E-state index < -0.39 is 57.0 Å².